The Morgan fingerprint density at radius 2 is 1.72 bits per heavy atom. The molecule has 1 aromatic rings. The molecule has 7 nitrogen and oxygen atoms in total. The average Bonchev–Trinajstić information content (AvgIpc) is 2.77. The van der Waals surface area contributed by atoms with Crippen molar-refractivity contribution >= 4 is 29.2 Å². The standard InChI is InChI=1S/C24H38ClN5O2/c1-24(2,17-28(3)4)16-27-22(31)18-7-13-30(14-8-18)23(32)19-9-11-29(12-10-19)21-6-5-20(25)15-26-21/h5-6,15,18-19H,7-14,16-17H2,1-4H3,(H,27,31). The molecule has 1 N–H and O–H groups in total. The van der Waals surface area contributed by atoms with E-state index < -0.39 is 0 Å². The van der Waals surface area contributed by atoms with Crippen molar-refractivity contribution in [2.45, 2.75) is 39.5 Å². The number of pyridine rings is 1. The Morgan fingerprint density at radius 1 is 1.09 bits per heavy atom. The van der Waals surface area contributed by atoms with Gasteiger partial charge in [0.15, 0.2) is 0 Å². The topological polar surface area (TPSA) is 68.8 Å². The molecule has 0 aliphatic carbocycles. The second kappa shape index (κ2) is 10.8. The largest absolute Gasteiger partial charge is 0.357 e. The molecular weight excluding hydrogens is 426 g/mol. The monoisotopic (exact) mass is 463 g/mol. The maximum absolute atomic E-state index is 13.0. The van der Waals surface area contributed by atoms with Gasteiger partial charge >= 0.3 is 0 Å². The molecule has 0 radical (unpaired) electrons. The van der Waals surface area contributed by atoms with Crippen molar-refractivity contribution < 1.29 is 9.59 Å². The summed E-state index contributed by atoms with van der Waals surface area (Å²) < 4.78 is 0. The average molecular weight is 464 g/mol. The molecule has 8 heteroatoms. The molecule has 0 bridgehead atoms. The zero-order valence-corrected chi connectivity index (χ0v) is 20.7. The van der Waals surface area contributed by atoms with Gasteiger partial charge in [0.25, 0.3) is 0 Å². The van der Waals surface area contributed by atoms with E-state index in [1.807, 2.05) is 17.0 Å². The number of likely N-dealkylation sites (tertiary alicyclic amines) is 1. The molecule has 2 fully saturated rings. The van der Waals surface area contributed by atoms with Crippen molar-refractivity contribution in [3.05, 3.63) is 23.4 Å². The third-order valence-electron chi connectivity index (χ3n) is 6.54. The number of amides is 2. The summed E-state index contributed by atoms with van der Waals surface area (Å²) in [7, 11) is 4.10. The Bertz CT molecular complexity index is 767. The second-order valence-electron chi connectivity index (χ2n) is 10.3. The van der Waals surface area contributed by atoms with Crippen LogP contribution in [-0.2, 0) is 9.59 Å². The van der Waals surface area contributed by atoms with E-state index in [0.29, 0.717) is 24.7 Å². The number of hydrogen-bond acceptors (Lipinski definition) is 5. The van der Waals surface area contributed by atoms with Crippen molar-refractivity contribution in [1.29, 1.82) is 0 Å². The predicted octanol–water partition coefficient (Wildman–Crippen LogP) is 2.89. The lowest BCUT2D eigenvalue weighted by molar-refractivity contribution is -0.139. The van der Waals surface area contributed by atoms with Gasteiger partial charge in [-0.15, -0.1) is 0 Å². The van der Waals surface area contributed by atoms with E-state index in [4.69, 9.17) is 11.6 Å². The highest BCUT2D eigenvalue weighted by molar-refractivity contribution is 6.30. The number of nitrogens with zero attached hydrogens (tertiary/aromatic N) is 4. The third kappa shape index (κ3) is 6.82. The lowest BCUT2D eigenvalue weighted by Gasteiger charge is -2.37. The molecular formula is C24H38ClN5O2. The third-order valence-corrected chi connectivity index (χ3v) is 6.77. The lowest BCUT2D eigenvalue weighted by Crippen LogP contribution is -2.48. The summed E-state index contributed by atoms with van der Waals surface area (Å²) in [6.45, 7) is 8.94. The van der Waals surface area contributed by atoms with Crippen LogP contribution in [0, 0.1) is 17.3 Å². The van der Waals surface area contributed by atoms with E-state index >= 15 is 0 Å². The van der Waals surface area contributed by atoms with Gasteiger partial charge in [0.1, 0.15) is 5.82 Å². The molecule has 2 aliphatic heterocycles. The fourth-order valence-electron chi connectivity index (χ4n) is 4.91. The molecule has 2 saturated heterocycles. The highest BCUT2D eigenvalue weighted by atomic mass is 35.5. The van der Waals surface area contributed by atoms with Crippen LogP contribution in [0.15, 0.2) is 18.3 Å². The maximum atomic E-state index is 13.0. The van der Waals surface area contributed by atoms with Crippen molar-refractivity contribution in [3.63, 3.8) is 0 Å². The molecule has 3 heterocycles. The molecule has 0 unspecified atom stereocenters. The number of carbonyl (C=O) groups is 2. The van der Waals surface area contributed by atoms with Gasteiger partial charge in [0, 0.05) is 57.3 Å². The first-order valence-corrected chi connectivity index (χ1v) is 12.1. The molecule has 0 atom stereocenters. The van der Waals surface area contributed by atoms with Crippen LogP contribution < -0.4 is 10.2 Å². The Balaban J connectivity index is 1.41. The fraction of sp³-hybridized carbons (Fsp3) is 0.708. The number of rotatable bonds is 7. The fourth-order valence-corrected chi connectivity index (χ4v) is 5.03. The number of nitrogens with one attached hydrogen (secondary N) is 1. The quantitative estimate of drug-likeness (QED) is 0.673. The van der Waals surface area contributed by atoms with Crippen LogP contribution in [0.3, 0.4) is 0 Å². The SMILES string of the molecule is CN(C)CC(C)(C)CNC(=O)C1CCN(C(=O)C2CCN(c3ccc(Cl)cn3)CC2)CC1. The number of aromatic nitrogens is 1. The lowest BCUT2D eigenvalue weighted by atomic mass is 9.90. The second-order valence-corrected chi connectivity index (χ2v) is 10.8. The molecule has 3 rings (SSSR count). The molecule has 178 valence electrons. The smallest absolute Gasteiger partial charge is 0.225 e. The summed E-state index contributed by atoms with van der Waals surface area (Å²) in [6.07, 6.45) is 4.84. The van der Waals surface area contributed by atoms with Crippen molar-refractivity contribution in [3.8, 4) is 0 Å². The van der Waals surface area contributed by atoms with Gasteiger partial charge in [-0.25, -0.2) is 4.98 Å². The van der Waals surface area contributed by atoms with Crippen LogP contribution in [0.4, 0.5) is 5.82 Å². The van der Waals surface area contributed by atoms with Gasteiger partial charge in [-0.2, -0.15) is 0 Å². The first kappa shape index (κ1) is 24.8. The van der Waals surface area contributed by atoms with Crippen LogP contribution in [-0.4, -0.2) is 80.0 Å². The molecule has 1 aromatic heterocycles. The molecule has 0 saturated carbocycles. The molecule has 0 aromatic carbocycles. The number of anilines is 1. The molecule has 32 heavy (non-hydrogen) atoms. The summed E-state index contributed by atoms with van der Waals surface area (Å²) in [5.74, 6) is 1.37. The van der Waals surface area contributed by atoms with Crippen molar-refractivity contribution in [2.24, 2.45) is 17.3 Å². The van der Waals surface area contributed by atoms with Crippen LogP contribution in [0.5, 0.6) is 0 Å². The first-order valence-electron chi connectivity index (χ1n) is 11.7. The minimum atomic E-state index is 0.00651. The summed E-state index contributed by atoms with van der Waals surface area (Å²) in [6, 6.07) is 3.78. The number of hydrogen-bond donors (Lipinski definition) is 1. The minimum Gasteiger partial charge on any atom is -0.357 e. The van der Waals surface area contributed by atoms with E-state index in [-0.39, 0.29) is 29.1 Å². The first-order chi connectivity index (χ1) is 15.1. The van der Waals surface area contributed by atoms with Gasteiger partial charge < -0.3 is 20.0 Å². The predicted molar refractivity (Wildman–Crippen MR) is 129 cm³/mol. The number of piperidine rings is 2. The number of carbonyl (C=O) groups excluding carboxylic acids is 2. The maximum Gasteiger partial charge on any atom is 0.225 e. The van der Waals surface area contributed by atoms with E-state index in [0.717, 1.165) is 51.1 Å². The summed E-state index contributed by atoms with van der Waals surface area (Å²) in [4.78, 5) is 36.4. The molecule has 2 amide bonds. The Labute approximate surface area is 197 Å². The van der Waals surface area contributed by atoms with Crippen molar-refractivity contribution in [1.82, 2.24) is 20.1 Å². The van der Waals surface area contributed by atoms with Gasteiger partial charge in [-0.3, -0.25) is 9.59 Å². The van der Waals surface area contributed by atoms with Gasteiger partial charge in [0.2, 0.25) is 11.8 Å². The van der Waals surface area contributed by atoms with E-state index in [1.54, 1.807) is 6.20 Å². The van der Waals surface area contributed by atoms with Crippen LogP contribution >= 0.6 is 11.6 Å². The van der Waals surface area contributed by atoms with Gasteiger partial charge in [0.05, 0.1) is 5.02 Å². The number of halogens is 1. The zero-order valence-electron chi connectivity index (χ0n) is 19.9. The summed E-state index contributed by atoms with van der Waals surface area (Å²) in [5.41, 5.74) is 0.0340. The normalized spacial score (nSPS) is 18.8. The van der Waals surface area contributed by atoms with E-state index in [1.165, 1.54) is 0 Å². The van der Waals surface area contributed by atoms with E-state index in [9.17, 15) is 9.59 Å². The highest BCUT2D eigenvalue weighted by Crippen LogP contribution is 2.26. The van der Waals surface area contributed by atoms with Gasteiger partial charge in [-0.05, 0) is 57.3 Å². The molecule has 2 aliphatic rings. The zero-order chi connectivity index (χ0) is 23.3. The molecule has 0 spiro atoms. The summed E-state index contributed by atoms with van der Waals surface area (Å²) in [5, 5.41) is 3.77. The highest BCUT2D eigenvalue weighted by Gasteiger charge is 2.33. The summed E-state index contributed by atoms with van der Waals surface area (Å²) >= 11 is 5.93. The Morgan fingerprint density at radius 3 is 2.28 bits per heavy atom. The van der Waals surface area contributed by atoms with Crippen LogP contribution in [0.25, 0.3) is 0 Å². The van der Waals surface area contributed by atoms with Gasteiger partial charge in [-0.1, -0.05) is 25.4 Å². The van der Waals surface area contributed by atoms with Crippen LogP contribution in [0.1, 0.15) is 39.5 Å². The minimum absolute atomic E-state index is 0.00651. The van der Waals surface area contributed by atoms with Crippen molar-refractivity contribution in [2.75, 3.05) is 58.3 Å². The van der Waals surface area contributed by atoms with Crippen LogP contribution in [0.2, 0.25) is 5.02 Å². The Hall–Kier alpha value is -1.86. The van der Waals surface area contributed by atoms with E-state index in [2.05, 4.69) is 48.0 Å². The Kier molecular flexibility index (Phi) is 8.39.